The number of halogens is 1. The number of hydrogen-bond donors (Lipinski definition) is 1. The van der Waals surface area contributed by atoms with Crippen LogP contribution in [0.3, 0.4) is 0 Å². The fourth-order valence-electron chi connectivity index (χ4n) is 2.27. The van der Waals surface area contributed by atoms with Gasteiger partial charge in [0.05, 0.1) is 10.7 Å². The Balaban J connectivity index is 2.06. The van der Waals surface area contributed by atoms with Crippen LogP contribution < -0.4 is 5.32 Å². The van der Waals surface area contributed by atoms with E-state index in [1.54, 1.807) is 6.26 Å². The lowest BCUT2D eigenvalue weighted by molar-refractivity contribution is 0.460. The second-order valence-electron chi connectivity index (χ2n) is 5.56. The Morgan fingerprint density at radius 3 is 2.45 bits per heavy atom. The molecule has 0 aliphatic carbocycles. The molecule has 108 valence electrons. The van der Waals surface area contributed by atoms with Crippen LogP contribution in [-0.2, 0) is 6.42 Å². The number of hydrogen-bond acceptors (Lipinski definition) is 2. The third-order valence-electron chi connectivity index (χ3n) is 3.34. The van der Waals surface area contributed by atoms with Gasteiger partial charge in [0.15, 0.2) is 0 Å². The molecule has 20 heavy (non-hydrogen) atoms. The van der Waals surface area contributed by atoms with Gasteiger partial charge in [0, 0.05) is 18.9 Å². The maximum atomic E-state index is 5.57. The first-order chi connectivity index (χ1) is 9.66. The molecule has 1 unspecified atom stereocenters. The summed E-state index contributed by atoms with van der Waals surface area (Å²) in [5, 5.41) is 3.56. The smallest absolute Gasteiger partial charge is 0.118 e. The molecule has 2 rings (SSSR count). The minimum absolute atomic E-state index is 0.428. The van der Waals surface area contributed by atoms with Gasteiger partial charge in [0.1, 0.15) is 5.76 Å². The Bertz CT molecular complexity index is 507. The summed E-state index contributed by atoms with van der Waals surface area (Å²) in [6.07, 6.45) is 2.64. The Hall–Kier alpha value is -1.06. The lowest BCUT2D eigenvalue weighted by Gasteiger charge is -2.18. The molecule has 0 saturated carbocycles. The number of rotatable bonds is 7. The van der Waals surface area contributed by atoms with Crippen LogP contribution in [0.2, 0.25) is 0 Å². The molecule has 0 radical (unpaired) electrons. The van der Waals surface area contributed by atoms with Crippen LogP contribution >= 0.6 is 15.9 Å². The Morgan fingerprint density at radius 1 is 1.10 bits per heavy atom. The summed E-state index contributed by atoms with van der Waals surface area (Å²) in [6.45, 7) is 6.47. The number of nitrogens with one attached hydrogen (secondary N) is 1. The molecule has 0 aliphatic heterocycles. The number of benzene rings is 1. The summed E-state index contributed by atoms with van der Waals surface area (Å²) in [5.41, 5.74) is 1.35. The predicted octanol–water partition coefficient (Wildman–Crippen LogP) is 4.61. The van der Waals surface area contributed by atoms with Crippen LogP contribution in [0, 0.1) is 5.92 Å². The second kappa shape index (κ2) is 7.65. The van der Waals surface area contributed by atoms with Gasteiger partial charge in [-0.05, 0) is 40.0 Å². The van der Waals surface area contributed by atoms with Crippen molar-refractivity contribution in [3.8, 4) is 0 Å². The van der Waals surface area contributed by atoms with Gasteiger partial charge in [-0.1, -0.05) is 44.2 Å². The highest BCUT2D eigenvalue weighted by atomic mass is 79.9. The molecular weight excluding hydrogens is 314 g/mol. The van der Waals surface area contributed by atoms with Gasteiger partial charge >= 0.3 is 0 Å². The van der Waals surface area contributed by atoms with Crippen molar-refractivity contribution in [3.63, 3.8) is 0 Å². The first kappa shape index (κ1) is 15.3. The molecule has 0 bridgehead atoms. The van der Waals surface area contributed by atoms with Gasteiger partial charge in [0.25, 0.3) is 0 Å². The van der Waals surface area contributed by atoms with Crippen LogP contribution in [0.4, 0.5) is 0 Å². The van der Waals surface area contributed by atoms with Gasteiger partial charge in [-0.15, -0.1) is 0 Å². The van der Waals surface area contributed by atoms with Crippen molar-refractivity contribution in [2.24, 2.45) is 5.92 Å². The van der Waals surface area contributed by atoms with Crippen molar-refractivity contribution in [2.75, 3.05) is 13.1 Å². The molecular formula is C17H22BrNO. The molecule has 0 aliphatic rings. The third-order valence-corrected chi connectivity index (χ3v) is 4.04. The summed E-state index contributed by atoms with van der Waals surface area (Å²) in [4.78, 5) is 0. The van der Waals surface area contributed by atoms with Crippen molar-refractivity contribution in [1.82, 2.24) is 5.32 Å². The molecule has 0 spiro atoms. The molecule has 1 heterocycles. The van der Waals surface area contributed by atoms with E-state index in [1.165, 1.54) is 5.56 Å². The number of furan rings is 1. The van der Waals surface area contributed by atoms with Gasteiger partial charge in [-0.2, -0.15) is 0 Å². The first-order valence-electron chi connectivity index (χ1n) is 7.14. The maximum Gasteiger partial charge on any atom is 0.118 e. The van der Waals surface area contributed by atoms with Gasteiger partial charge < -0.3 is 9.73 Å². The summed E-state index contributed by atoms with van der Waals surface area (Å²) >= 11 is 3.54. The van der Waals surface area contributed by atoms with E-state index in [-0.39, 0.29) is 0 Å². The monoisotopic (exact) mass is 335 g/mol. The molecule has 0 amide bonds. The van der Waals surface area contributed by atoms with Crippen LogP contribution in [-0.4, -0.2) is 13.1 Å². The first-order valence-corrected chi connectivity index (χ1v) is 7.93. The summed E-state index contributed by atoms with van der Waals surface area (Å²) in [6, 6.07) is 12.6. The highest BCUT2D eigenvalue weighted by molar-refractivity contribution is 9.10. The van der Waals surface area contributed by atoms with Crippen LogP contribution in [0.1, 0.15) is 31.1 Å². The van der Waals surface area contributed by atoms with Gasteiger partial charge in [0.2, 0.25) is 0 Å². The van der Waals surface area contributed by atoms with E-state index in [0.29, 0.717) is 11.8 Å². The predicted molar refractivity (Wildman–Crippen MR) is 87.0 cm³/mol. The molecule has 1 atom stereocenters. The lowest BCUT2D eigenvalue weighted by atomic mass is 9.94. The van der Waals surface area contributed by atoms with Crippen molar-refractivity contribution >= 4 is 15.9 Å². The topological polar surface area (TPSA) is 25.2 Å². The van der Waals surface area contributed by atoms with E-state index >= 15 is 0 Å². The zero-order valence-electron chi connectivity index (χ0n) is 12.1. The van der Waals surface area contributed by atoms with Crippen molar-refractivity contribution < 1.29 is 4.42 Å². The van der Waals surface area contributed by atoms with E-state index < -0.39 is 0 Å². The zero-order chi connectivity index (χ0) is 14.4. The minimum Gasteiger partial charge on any atom is -0.468 e. The lowest BCUT2D eigenvalue weighted by Crippen LogP contribution is -2.26. The Labute approximate surface area is 129 Å². The van der Waals surface area contributed by atoms with Crippen molar-refractivity contribution in [2.45, 2.75) is 26.2 Å². The van der Waals surface area contributed by atoms with Crippen molar-refractivity contribution in [1.29, 1.82) is 0 Å². The quantitative estimate of drug-likeness (QED) is 0.798. The summed E-state index contributed by atoms with van der Waals surface area (Å²) in [5.74, 6) is 2.12. The van der Waals surface area contributed by atoms with Gasteiger partial charge in [-0.3, -0.25) is 0 Å². The average Bonchev–Trinajstić information content (AvgIpc) is 2.84. The minimum atomic E-state index is 0.428. The highest BCUT2D eigenvalue weighted by Crippen LogP contribution is 2.26. The molecule has 1 aromatic carbocycles. The van der Waals surface area contributed by atoms with E-state index in [1.807, 2.05) is 6.07 Å². The summed E-state index contributed by atoms with van der Waals surface area (Å²) < 4.78 is 6.63. The molecule has 1 aromatic heterocycles. The van der Waals surface area contributed by atoms with Crippen LogP contribution in [0.5, 0.6) is 0 Å². The van der Waals surface area contributed by atoms with Gasteiger partial charge in [-0.25, -0.2) is 0 Å². The average molecular weight is 336 g/mol. The molecule has 0 saturated heterocycles. The molecule has 2 nitrogen and oxygen atoms in total. The SMILES string of the molecule is CC(C)CNCC(Cc1occc1Br)c1ccccc1. The van der Waals surface area contributed by atoms with E-state index in [2.05, 4.69) is 65.4 Å². The Morgan fingerprint density at radius 2 is 1.85 bits per heavy atom. The second-order valence-corrected chi connectivity index (χ2v) is 6.41. The highest BCUT2D eigenvalue weighted by Gasteiger charge is 2.15. The standard InChI is InChI=1S/C17H22BrNO/c1-13(2)11-19-12-15(14-6-4-3-5-7-14)10-17-16(18)8-9-20-17/h3-9,13,15,19H,10-12H2,1-2H3. The molecule has 3 heteroatoms. The van der Waals surface area contributed by atoms with E-state index in [9.17, 15) is 0 Å². The summed E-state index contributed by atoms with van der Waals surface area (Å²) in [7, 11) is 0. The zero-order valence-corrected chi connectivity index (χ0v) is 13.7. The fraction of sp³-hybridized carbons (Fsp3) is 0.412. The molecule has 2 aromatic rings. The van der Waals surface area contributed by atoms with Crippen molar-refractivity contribution in [3.05, 3.63) is 58.5 Å². The largest absolute Gasteiger partial charge is 0.468 e. The fourth-order valence-corrected chi connectivity index (χ4v) is 2.64. The van der Waals surface area contributed by atoms with Crippen LogP contribution in [0.15, 0.2) is 51.6 Å². The van der Waals surface area contributed by atoms with Crippen LogP contribution in [0.25, 0.3) is 0 Å². The third kappa shape index (κ3) is 4.50. The molecule has 1 N–H and O–H groups in total. The normalized spacial score (nSPS) is 12.8. The Kier molecular flexibility index (Phi) is 5.86. The van der Waals surface area contributed by atoms with E-state index in [0.717, 1.165) is 29.7 Å². The molecule has 0 fully saturated rings. The van der Waals surface area contributed by atoms with E-state index in [4.69, 9.17) is 4.42 Å². The maximum absolute atomic E-state index is 5.57.